The maximum absolute atomic E-state index is 10.6. The first-order valence-corrected chi connectivity index (χ1v) is 5.22. The molecule has 7 heteroatoms. The molecule has 100 valence electrons. The molecule has 0 fully saturated rings. The number of hydrogen-bond acceptors (Lipinski definition) is 6. The minimum Gasteiger partial charge on any atom is -0.493 e. The Labute approximate surface area is 104 Å². The number of methoxy groups -OCH3 is 2. The summed E-state index contributed by atoms with van der Waals surface area (Å²) < 4.78 is 14.8. The summed E-state index contributed by atoms with van der Waals surface area (Å²) in [5.74, 6) is 0.239. The molecule has 7 nitrogen and oxygen atoms in total. The molecule has 0 aliphatic heterocycles. The van der Waals surface area contributed by atoms with E-state index >= 15 is 0 Å². The van der Waals surface area contributed by atoms with Gasteiger partial charge in [0.25, 0.3) is 0 Å². The Balaban J connectivity index is 3.04. The Bertz CT molecular complexity index is 424. The molecule has 0 bridgehead atoms. The minimum absolute atomic E-state index is 0.375. The first-order chi connectivity index (χ1) is 8.51. The van der Waals surface area contributed by atoms with E-state index in [4.69, 9.17) is 15.2 Å². The Hall–Kier alpha value is -2.02. The van der Waals surface area contributed by atoms with E-state index in [1.807, 2.05) is 0 Å². The summed E-state index contributed by atoms with van der Waals surface area (Å²) in [5.41, 5.74) is 5.25. The summed E-state index contributed by atoms with van der Waals surface area (Å²) in [6, 6.07) is 1.62. The number of aromatic nitrogens is 1. The van der Waals surface area contributed by atoms with Gasteiger partial charge in [-0.15, -0.1) is 0 Å². The normalized spacial score (nSPS) is 13.6. The van der Waals surface area contributed by atoms with E-state index in [-0.39, 0.29) is 0 Å². The predicted molar refractivity (Wildman–Crippen MR) is 62.4 cm³/mol. The zero-order valence-corrected chi connectivity index (χ0v) is 10.4. The number of primary amides is 1. The van der Waals surface area contributed by atoms with Crippen LogP contribution in [0.25, 0.3) is 0 Å². The Morgan fingerprint density at radius 1 is 1.44 bits per heavy atom. The number of ether oxygens (including phenoxy) is 3. The number of carbonyl (C=O) groups is 1. The lowest BCUT2D eigenvalue weighted by Crippen LogP contribution is -2.27. The van der Waals surface area contributed by atoms with Crippen molar-refractivity contribution < 1.29 is 24.1 Å². The van der Waals surface area contributed by atoms with Crippen LogP contribution in [0.5, 0.6) is 11.5 Å². The van der Waals surface area contributed by atoms with Crippen LogP contribution in [0.3, 0.4) is 0 Å². The van der Waals surface area contributed by atoms with Crippen LogP contribution < -0.4 is 15.2 Å². The molecule has 0 saturated heterocycles. The van der Waals surface area contributed by atoms with E-state index in [0.717, 1.165) is 0 Å². The third kappa shape index (κ3) is 3.01. The van der Waals surface area contributed by atoms with Gasteiger partial charge >= 0.3 is 6.09 Å². The standard InChI is InChI=1S/C11H16N2O5/c1-6(10(14)18-11(12)15)8-9(17-3)7(16-2)4-5-13-8/h4-6,10,14H,1-3H3,(H2,12,15). The van der Waals surface area contributed by atoms with Crippen molar-refractivity contribution in [1.82, 2.24) is 4.98 Å². The van der Waals surface area contributed by atoms with Crippen molar-refractivity contribution >= 4 is 6.09 Å². The summed E-state index contributed by atoms with van der Waals surface area (Å²) in [7, 11) is 2.94. The number of rotatable bonds is 5. The second-order valence-electron chi connectivity index (χ2n) is 3.55. The summed E-state index contributed by atoms with van der Waals surface area (Å²) >= 11 is 0. The number of hydrogen-bond donors (Lipinski definition) is 2. The molecule has 1 aromatic heterocycles. The lowest BCUT2D eigenvalue weighted by molar-refractivity contribution is -0.0640. The van der Waals surface area contributed by atoms with E-state index in [0.29, 0.717) is 17.2 Å². The average molecular weight is 256 g/mol. The van der Waals surface area contributed by atoms with Crippen molar-refractivity contribution in [3.63, 3.8) is 0 Å². The number of aliphatic hydroxyl groups excluding tert-OH is 1. The fraction of sp³-hybridized carbons (Fsp3) is 0.455. The van der Waals surface area contributed by atoms with Gasteiger partial charge in [-0.1, -0.05) is 6.92 Å². The van der Waals surface area contributed by atoms with Gasteiger partial charge in [-0.05, 0) is 0 Å². The molecule has 1 aromatic rings. The van der Waals surface area contributed by atoms with E-state index in [9.17, 15) is 9.90 Å². The highest BCUT2D eigenvalue weighted by atomic mass is 16.6. The zero-order chi connectivity index (χ0) is 13.7. The fourth-order valence-corrected chi connectivity index (χ4v) is 1.49. The van der Waals surface area contributed by atoms with Crippen LogP contribution in [0.1, 0.15) is 18.5 Å². The second kappa shape index (κ2) is 6.06. The van der Waals surface area contributed by atoms with Crippen molar-refractivity contribution in [2.24, 2.45) is 5.73 Å². The molecule has 1 amide bonds. The molecule has 0 aliphatic rings. The molecule has 0 saturated carbocycles. The third-order valence-electron chi connectivity index (χ3n) is 2.42. The summed E-state index contributed by atoms with van der Waals surface area (Å²) in [5, 5.41) is 9.67. The predicted octanol–water partition coefficient (Wildman–Crippen LogP) is 0.616. The molecule has 0 radical (unpaired) electrons. The molecule has 3 N–H and O–H groups in total. The maximum Gasteiger partial charge on any atom is 0.406 e. The molecule has 2 unspecified atom stereocenters. The lowest BCUT2D eigenvalue weighted by atomic mass is 10.1. The highest BCUT2D eigenvalue weighted by Gasteiger charge is 2.25. The first kappa shape index (κ1) is 14.0. The number of aliphatic hydroxyl groups is 1. The van der Waals surface area contributed by atoms with Gasteiger partial charge in [-0.2, -0.15) is 0 Å². The lowest BCUT2D eigenvalue weighted by Gasteiger charge is -2.20. The van der Waals surface area contributed by atoms with Crippen LogP contribution in [0.2, 0.25) is 0 Å². The van der Waals surface area contributed by atoms with Crippen LogP contribution in [0.4, 0.5) is 4.79 Å². The number of amides is 1. The van der Waals surface area contributed by atoms with Crippen molar-refractivity contribution in [1.29, 1.82) is 0 Å². The molecule has 18 heavy (non-hydrogen) atoms. The first-order valence-electron chi connectivity index (χ1n) is 5.22. The van der Waals surface area contributed by atoms with Crippen LogP contribution in [0.15, 0.2) is 12.3 Å². The molecule has 1 heterocycles. The quantitative estimate of drug-likeness (QED) is 0.748. The Kier molecular flexibility index (Phi) is 4.73. The molecular weight excluding hydrogens is 240 g/mol. The monoisotopic (exact) mass is 256 g/mol. The molecule has 1 rings (SSSR count). The third-order valence-corrected chi connectivity index (χ3v) is 2.42. The van der Waals surface area contributed by atoms with Crippen LogP contribution in [-0.4, -0.2) is 36.7 Å². The maximum atomic E-state index is 10.6. The van der Waals surface area contributed by atoms with Gasteiger partial charge in [-0.3, -0.25) is 4.98 Å². The second-order valence-corrected chi connectivity index (χ2v) is 3.55. The average Bonchev–Trinajstić information content (AvgIpc) is 2.35. The Morgan fingerprint density at radius 2 is 2.11 bits per heavy atom. The molecule has 0 aromatic carbocycles. The minimum atomic E-state index is -1.41. The summed E-state index contributed by atoms with van der Waals surface area (Å²) in [4.78, 5) is 14.7. The van der Waals surface area contributed by atoms with Crippen molar-refractivity contribution in [2.45, 2.75) is 19.1 Å². The zero-order valence-electron chi connectivity index (χ0n) is 10.4. The molecule has 0 aliphatic carbocycles. The van der Waals surface area contributed by atoms with E-state index in [1.54, 1.807) is 13.0 Å². The highest BCUT2D eigenvalue weighted by molar-refractivity contribution is 5.64. The van der Waals surface area contributed by atoms with E-state index in [1.165, 1.54) is 20.4 Å². The summed E-state index contributed by atoms with van der Waals surface area (Å²) in [6.45, 7) is 1.62. The van der Waals surface area contributed by atoms with Crippen molar-refractivity contribution in [3.05, 3.63) is 18.0 Å². The van der Waals surface area contributed by atoms with Crippen LogP contribution >= 0.6 is 0 Å². The smallest absolute Gasteiger partial charge is 0.406 e. The molecular formula is C11H16N2O5. The number of carbonyl (C=O) groups excluding carboxylic acids is 1. The van der Waals surface area contributed by atoms with E-state index < -0.39 is 18.3 Å². The Morgan fingerprint density at radius 3 is 2.61 bits per heavy atom. The largest absolute Gasteiger partial charge is 0.493 e. The van der Waals surface area contributed by atoms with Gasteiger partial charge < -0.3 is 25.1 Å². The number of nitrogens with zero attached hydrogens (tertiary/aromatic N) is 1. The summed E-state index contributed by atoms with van der Waals surface area (Å²) in [6.07, 6.45) is -0.961. The van der Waals surface area contributed by atoms with E-state index in [2.05, 4.69) is 9.72 Å². The van der Waals surface area contributed by atoms with Crippen molar-refractivity contribution in [2.75, 3.05) is 14.2 Å². The topological polar surface area (TPSA) is 104 Å². The van der Waals surface area contributed by atoms with Gasteiger partial charge in [0.2, 0.25) is 6.29 Å². The fourth-order valence-electron chi connectivity index (χ4n) is 1.49. The van der Waals surface area contributed by atoms with Crippen LogP contribution in [0, 0.1) is 0 Å². The van der Waals surface area contributed by atoms with Gasteiger partial charge in [0.05, 0.1) is 25.8 Å². The van der Waals surface area contributed by atoms with Gasteiger partial charge in [0.1, 0.15) is 0 Å². The highest BCUT2D eigenvalue weighted by Crippen LogP contribution is 2.34. The molecule has 2 atom stereocenters. The molecule has 0 spiro atoms. The SMILES string of the molecule is COc1ccnc(C(C)C(O)OC(N)=O)c1OC. The van der Waals surface area contributed by atoms with Gasteiger partial charge in [-0.25, -0.2) is 4.79 Å². The van der Waals surface area contributed by atoms with Crippen LogP contribution in [-0.2, 0) is 4.74 Å². The van der Waals surface area contributed by atoms with Crippen molar-refractivity contribution in [3.8, 4) is 11.5 Å². The van der Waals surface area contributed by atoms with Gasteiger partial charge in [0, 0.05) is 12.3 Å². The van der Waals surface area contributed by atoms with Gasteiger partial charge in [0.15, 0.2) is 11.5 Å². The number of nitrogens with two attached hydrogens (primary N) is 1. The number of pyridine rings is 1.